The highest BCUT2D eigenvalue weighted by Crippen LogP contribution is 2.30. The van der Waals surface area contributed by atoms with Crippen molar-refractivity contribution < 1.29 is 19.7 Å². The molecule has 1 aliphatic heterocycles. The summed E-state index contributed by atoms with van der Waals surface area (Å²) < 4.78 is 11.9. The fourth-order valence-corrected chi connectivity index (χ4v) is 2.08. The quantitative estimate of drug-likeness (QED) is 0.559. The molecule has 8 heteroatoms. The number of aliphatic hydroxyl groups excluding tert-OH is 2. The van der Waals surface area contributed by atoms with E-state index in [1.54, 1.807) is 0 Å². The van der Waals surface area contributed by atoms with Gasteiger partial charge in [-0.2, -0.15) is 0 Å². The number of hydrogen-bond donors (Lipinski definition) is 3. The minimum absolute atomic E-state index is 0.151. The van der Waals surface area contributed by atoms with Crippen LogP contribution in [0.1, 0.15) is 6.23 Å². The van der Waals surface area contributed by atoms with E-state index < -0.39 is 42.4 Å². The Morgan fingerprint density at radius 1 is 1.55 bits per heavy atom. The smallest absolute Gasteiger partial charge is 0.330 e. The van der Waals surface area contributed by atoms with Crippen molar-refractivity contribution in [3.63, 3.8) is 0 Å². The lowest BCUT2D eigenvalue weighted by Gasteiger charge is -2.21. The highest BCUT2D eigenvalue weighted by atomic mass is 16.6. The van der Waals surface area contributed by atoms with Crippen LogP contribution in [0.4, 0.5) is 0 Å². The molecule has 1 saturated heterocycles. The highest BCUT2D eigenvalue weighted by molar-refractivity contribution is 4.94. The first-order valence-electron chi connectivity index (χ1n) is 6.07. The van der Waals surface area contributed by atoms with Gasteiger partial charge in [-0.05, 0) is 0 Å². The highest BCUT2D eigenvalue weighted by Gasteiger charge is 2.45. The number of nitrogens with zero attached hydrogens (tertiary/aromatic N) is 1. The maximum atomic E-state index is 11.8. The zero-order valence-corrected chi connectivity index (χ0v) is 10.6. The van der Waals surface area contributed by atoms with E-state index in [1.807, 2.05) is 0 Å². The second kappa shape index (κ2) is 6.14. The van der Waals surface area contributed by atoms with Crippen LogP contribution in [0.3, 0.4) is 0 Å². The lowest BCUT2D eigenvalue weighted by molar-refractivity contribution is -0.0686. The van der Waals surface area contributed by atoms with E-state index in [0.717, 1.165) is 10.6 Å². The van der Waals surface area contributed by atoms with Gasteiger partial charge in [-0.1, -0.05) is 6.08 Å². The van der Waals surface area contributed by atoms with Gasteiger partial charge in [-0.3, -0.25) is 14.3 Å². The number of aromatic nitrogens is 2. The minimum Gasteiger partial charge on any atom is -0.394 e. The van der Waals surface area contributed by atoms with Crippen LogP contribution in [0.15, 0.2) is 34.5 Å². The Morgan fingerprint density at radius 2 is 2.30 bits per heavy atom. The fraction of sp³-hybridized carbons (Fsp3) is 0.500. The van der Waals surface area contributed by atoms with Crippen molar-refractivity contribution in [3.05, 3.63) is 45.8 Å². The molecule has 0 unspecified atom stereocenters. The van der Waals surface area contributed by atoms with Gasteiger partial charge in [-0.25, -0.2) is 4.79 Å². The summed E-state index contributed by atoms with van der Waals surface area (Å²) in [7, 11) is 0. The van der Waals surface area contributed by atoms with Gasteiger partial charge in [0.2, 0.25) is 0 Å². The van der Waals surface area contributed by atoms with Crippen molar-refractivity contribution in [3.8, 4) is 0 Å². The third kappa shape index (κ3) is 2.73. The second-order valence-electron chi connectivity index (χ2n) is 4.34. The summed E-state index contributed by atoms with van der Waals surface area (Å²) in [5.74, 6) is 0. The molecule has 2 rings (SSSR count). The van der Waals surface area contributed by atoms with Crippen molar-refractivity contribution in [2.24, 2.45) is 0 Å². The molecule has 0 bridgehead atoms. The van der Waals surface area contributed by atoms with Gasteiger partial charge in [0.05, 0.1) is 13.2 Å². The lowest BCUT2D eigenvalue weighted by atomic mass is 10.1. The molecule has 3 N–H and O–H groups in total. The maximum absolute atomic E-state index is 11.8. The largest absolute Gasteiger partial charge is 0.394 e. The number of nitrogens with one attached hydrogen (secondary N) is 1. The Kier molecular flexibility index (Phi) is 4.50. The number of aromatic amines is 1. The number of rotatable bonds is 5. The first-order chi connectivity index (χ1) is 9.58. The number of ether oxygens (including phenoxy) is 2. The van der Waals surface area contributed by atoms with Gasteiger partial charge in [0.25, 0.3) is 5.56 Å². The predicted octanol–water partition coefficient (Wildman–Crippen LogP) is -1.64. The molecule has 0 aliphatic carbocycles. The van der Waals surface area contributed by atoms with Gasteiger partial charge in [-0.15, -0.1) is 6.58 Å². The number of aliphatic hydroxyl groups is 2. The van der Waals surface area contributed by atoms with E-state index in [-0.39, 0.29) is 6.61 Å². The van der Waals surface area contributed by atoms with Crippen LogP contribution in [0.25, 0.3) is 0 Å². The monoisotopic (exact) mass is 284 g/mol. The van der Waals surface area contributed by atoms with E-state index in [2.05, 4.69) is 11.6 Å². The summed E-state index contributed by atoms with van der Waals surface area (Å²) in [6.07, 6.45) is -1.01. The van der Waals surface area contributed by atoms with Crippen molar-refractivity contribution in [1.82, 2.24) is 9.55 Å². The van der Waals surface area contributed by atoms with Crippen LogP contribution in [-0.2, 0) is 9.47 Å². The van der Waals surface area contributed by atoms with Crippen LogP contribution in [-0.4, -0.2) is 51.3 Å². The van der Waals surface area contributed by atoms with Gasteiger partial charge in [0.1, 0.15) is 18.3 Å². The lowest BCUT2D eigenvalue weighted by Crippen LogP contribution is -2.39. The Bertz CT molecular complexity index is 580. The Morgan fingerprint density at radius 3 is 2.90 bits per heavy atom. The molecule has 0 amide bonds. The topological polar surface area (TPSA) is 114 Å². The zero-order valence-electron chi connectivity index (χ0n) is 10.6. The average Bonchev–Trinajstić information content (AvgIpc) is 2.73. The third-order valence-corrected chi connectivity index (χ3v) is 3.02. The fourth-order valence-electron chi connectivity index (χ4n) is 2.08. The molecule has 0 spiro atoms. The molecule has 1 fully saturated rings. The zero-order chi connectivity index (χ0) is 14.7. The summed E-state index contributed by atoms with van der Waals surface area (Å²) >= 11 is 0. The summed E-state index contributed by atoms with van der Waals surface area (Å²) in [6.45, 7) is 3.24. The molecule has 2 heterocycles. The number of hydrogen-bond acceptors (Lipinski definition) is 6. The molecule has 1 aromatic heterocycles. The normalized spacial score (nSPS) is 29.5. The van der Waals surface area contributed by atoms with Gasteiger partial charge >= 0.3 is 5.69 Å². The molecule has 8 nitrogen and oxygen atoms in total. The molecular formula is C12H16N2O6. The molecular weight excluding hydrogens is 268 g/mol. The maximum Gasteiger partial charge on any atom is 0.330 e. The average molecular weight is 284 g/mol. The SMILES string of the molecule is C=CCO[C@H]1[C@H](O)[C@@H](CO)O[C@H]1n1ccc(=O)[nH]c1=O. The summed E-state index contributed by atoms with van der Waals surface area (Å²) in [4.78, 5) is 24.9. The van der Waals surface area contributed by atoms with Crippen molar-refractivity contribution >= 4 is 0 Å². The molecule has 0 radical (unpaired) electrons. The summed E-state index contributed by atoms with van der Waals surface area (Å²) in [5, 5.41) is 19.2. The van der Waals surface area contributed by atoms with Crippen molar-refractivity contribution in [2.75, 3.05) is 13.2 Å². The first-order valence-corrected chi connectivity index (χ1v) is 6.07. The van der Waals surface area contributed by atoms with E-state index in [1.165, 1.54) is 12.3 Å². The number of H-pyrrole nitrogens is 1. The molecule has 1 aromatic rings. The standard InChI is InChI=1S/C12H16N2O6/c1-2-5-19-10-9(17)7(6-15)20-11(10)14-4-3-8(16)13-12(14)18/h2-4,7,9-11,15,17H,1,5-6H2,(H,13,16,18)/t7-,9-,10+,11-/m1/s1. The molecule has 0 aromatic carbocycles. The van der Waals surface area contributed by atoms with Gasteiger partial charge in [0.15, 0.2) is 6.23 Å². The Labute approximate surface area is 113 Å². The van der Waals surface area contributed by atoms with E-state index in [9.17, 15) is 14.7 Å². The van der Waals surface area contributed by atoms with Crippen LogP contribution >= 0.6 is 0 Å². The van der Waals surface area contributed by atoms with Crippen molar-refractivity contribution in [2.45, 2.75) is 24.5 Å². The van der Waals surface area contributed by atoms with Crippen LogP contribution in [0.2, 0.25) is 0 Å². The summed E-state index contributed by atoms with van der Waals surface area (Å²) in [6, 6.07) is 1.16. The third-order valence-electron chi connectivity index (χ3n) is 3.02. The van der Waals surface area contributed by atoms with Gasteiger partial charge < -0.3 is 19.7 Å². The summed E-state index contributed by atoms with van der Waals surface area (Å²) in [5.41, 5.74) is -1.22. The van der Waals surface area contributed by atoms with Crippen LogP contribution < -0.4 is 11.2 Å². The molecule has 1 aliphatic rings. The van der Waals surface area contributed by atoms with E-state index >= 15 is 0 Å². The van der Waals surface area contributed by atoms with E-state index in [4.69, 9.17) is 14.6 Å². The Hall–Kier alpha value is -1.74. The second-order valence-corrected chi connectivity index (χ2v) is 4.34. The minimum atomic E-state index is -1.09. The van der Waals surface area contributed by atoms with Crippen LogP contribution in [0.5, 0.6) is 0 Å². The van der Waals surface area contributed by atoms with E-state index in [0.29, 0.717) is 0 Å². The first kappa shape index (κ1) is 14.7. The predicted molar refractivity (Wildman–Crippen MR) is 68.3 cm³/mol. The molecule has 20 heavy (non-hydrogen) atoms. The Balaban J connectivity index is 2.33. The van der Waals surface area contributed by atoms with Gasteiger partial charge in [0, 0.05) is 12.3 Å². The molecule has 4 atom stereocenters. The van der Waals surface area contributed by atoms with Crippen LogP contribution in [0, 0.1) is 0 Å². The van der Waals surface area contributed by atoms with Crippen molar-refractivity contribution in [1.29, 1.82) is 0 Å². The molecule has 110 valence electrons. The molecule has 0 saturated carbocycles.